The van der Waals surface area contributed by atoms with E-state index in [-0.39, 0.29) is 0 Å². The van der Waals surface area contributed by atoms with Crippen LogP contribution in [0.2, 0.25) is 0 Å². The Bertz CT molecular complexity index is 886. The van der Waals surface area contributed by atoms with Crippen LogP contribution in [0.15, 0.2) is 18.2 Å². The van der Waals surface area contributed by atoms with Crippen LogP contribution in [0, 0.1) is 0 Å². The first-order valence-corrected chi connectivity index (χ1v) is 14.5. The molecule has 3 rings (SSSR count). The van der Waals surface area contributed by atoms with Crippen molar-refractivity contribution in [3.63, 3.8) is 0 Å². The van der Waals surface area contributed by atoms with E-state index in [0.717, 1.165) is 0 Å². The van der Waals surface area contributed by atoms with E-state index in [4.69, 9.17) is 0 Å². The highest BCUT2D eigenvalue weighted by atomic mass is 14.3. The molecule has 0 saturated carbocycles. The van der Waals surface area contributed by atoms with Crippen LogP contribution in [0.1, 0.15) is 138 Å². The van der Waals surface area contributed by atoms with Gasteiger partial charge in [-0.25, -0.2) is 0 Å². The second kappa shape index (κ2) is 13.4. The van der Waals surface area contributed by atoms with Gasteiger partial charge in [0.2, 0.25) is 0 Å². The third-order valence-corrected chi connectivity index (χ3v) is 7.84. The summed E-state index contributed by atoms with van der Waals surface area (Å²) in [5, 5.41) is 0. The predicted octanol–water partition coefficient (Wildman–Crippen LogP) is 9.97. The minimum absolute atomic E-state index is 1.18. The zero-order valence-corrected chi connectivity index (χ0v) is 22.5. The fraction of sp³-hybridized carbons (Fsp3) is 0.636. The Balaban J connectivity index is 2.30. The van der Waals surface area contributed by atoms with Crippen LogP contribution in [0.4, 0.5) is 0 Å². The number of fused-ring (bicyclic) bond motifs is 3. The molecular weight excluding hydrogens is 396 g/mol. The van der Waals surface area contributed by atoms with E-state index < -0.39 is 0 Å². The lowest BCUT2D eigenvalue weighted by Gasteiger charge is -2.25. The number of hydrogen-bond donors (Lipinski definition) is 0. The summed E-state index contributed by atoms with van der Waals surface area (Å²) < 4.78 is 0. The molecule has 0 amide bonds. The highest BCUT2D eigenvalue weighted by Crippen LogP contribution is 2.47. The Morgan fingerprint density at radius 1 is 0.515 bits per heavy atom. The number of hydrogen-bond acceptors (Lipinski definition) is 0. The molecule has 0 N–H and O–H groups in total. The van der Waals surface area contributed by atoms with E-state index in [2.05, 4.69) is 52.8 Å². The van der Waals surface area contributed by atoms with Crippen LogP contribution in [-0.2, 0) is 38.5 Å². The van der Waals surface area contributed by atoms with Crippen LogP contribution in [0.3, 0.4) is 0 Å². The number of aryl methyl sites for hydroxylation is 1. The SMILES string of the molecule is CCCCc1cccc2c1-c1c(CCCC)c(CCCC)c(CCCC)c(CCCC)c1C2. The molecule has 0 aliphatic heterocycles. The molecule has 0 saturated heterocycles. The molecule has 1 aliphatic carbocycles. The molecule has 0 spiro atoms. The van der Waals surface area contributed by atoms with Gasteiger partial charge in [-0.15, -0.1) is 0 Å². The molecular formula is C33H50. The molecule has 33 heavy (non-hydrogen) atoms. The summed E-state index contributed by atoms with van der Waals surface area (Å²) in [7, 11) is 0. The molecule has 0 atom stereocenters. The van der Waals surface area contributed by atoms with E-state index >= 15 is 0 Å². The maximum absolute atomic E-state index is 2.44. The first-order valence-electron chi connectivity index (χ1n) is 14.5. The van der Waals surface area contributed by atoms with Gasteiger partial charge in [-0.1, -0.05) is 84.9 Å². The first kappa shape index (κ1) is 26.1. The van der Waals surface area contributed by atoms with Crippen molar-refractivity contribution in [2.75, 3.05) is 0 Å². The van der Waals surface area contributed by atoms with E-state index in [1.807, 2.05) is 0 Å². The number of rotatable bonds is 15. The first-order chi connectivity index (χ1) is 16.2. The van der Waals surface area contributed by atoms with Crippen LogP contribution < -0.4 is 0 Å². The van der Waals surface area contributed by atoms with Crippen molar-refractivity contribution in [2.24, 2.45) is 0 Å². The van der Waals surface area contributed by atoms with E-state index in [0.29, 0.717) is 0 Å². The van der Waals surface area contributed by atoms with Crippen LogP contribution in [0.25, 0.3) is 11.1 Å². The van der Waals surface area contributed by atoms with E-state index in [9.17, 15) is 0 Å². The molecule has 0 bridgehead atoms. The molecule has 1 aliphatic rings. The number of benzene rings is 2. The van der Waals surface area contributed by atoms with Gasteiger partial charge in [0.15, 0.2) is 0 Å². The van der Waals surface area contributed by atoms with Gasteiger partial charge in [0, 0.05) is 0 Å². The highest BCUT2D eigenvalue weighted by molar-refractivity contribution is 5.85. The molecule has 182 valence electrons. The Hall–Kier alpha value is -1.56. The zero-order valence-electron chi connectivity index (χ0n) is 22.5. The Morgan fingerprint density at radius 2 is 1.00 bits per heavy atom. The summed E-state index contributed by atoms with van der Waals surface area (Å²) in [6.45, 7) is 11.8. The van der Waals surface area contributed by atoms with Gasteiger partial charge in [0.25, 0.3) is 0 Å². The Kier molecular flexibility index (Phi) is 10.5. The van der Waals surface area contributed by atoms with Crippen molar-refractivity contribution in [1.29, 1.82) is 0 Å². The quantitative estimate of drug-likeness (QED) is 0.218. The van der Waals surface area contributed by atoms with Crippen molar-refractivity contribution >= 4 is 0 Å². The van der Waals surface area contributed by atoms with E-state index in [1.54, 1.807) is 50.1 Å². The average Bonchev–Trinajstić information content (AvgIpc) is 3.22. The lowest BCUT2D eigenvalue weighted by Crippen LogP contribution is -2.11. The molecule has 0 aromatic heterocycles. The summed E-state index contributed by atoms with van der Waals surface area (Å²) in [4.78, 5) is 0. The van der Waals surface area contributed by atoms with Gasteiger partial charge < -0.3 is 0 Å². The summed E-state index contributed by atoms with van der Waals surface area (Å²) in [6.07, 6.45) is 20.6. The Labute approximate surface area is 205 Å². The second-order valence-corrected chi connectivity index (χ2v) is 10.4. The largest absolute Gasteiger partial charge is 0.0654 e. The fourth-order valence-corrected chi connectivity index (χ4v) is 6.01. The average molecular weight is 447 g/mol. The molecule has 0 heteroatoms. The third kappa shape index (κ3) is 5.93. The molecule has 0 radical (unpaired) electrons. The summed E-state index contributed by atoms with van der Waals surface area (Å²) in [5.41, 5.74) is 15.4. The van der Waals surface area contributed by atoms with Gasteiger partial charge in [-0.3, -0.25) is 0 Å². The normalized spacial score (nSPS) is 12.3. The minimum atomic E-state index is 1.18. The van der Waals surface area contributed by atoms with Crippen molar-refractivity contribution < 1.29 is 0 Å². The van der Waals surface area contributed by atoms with Crippen molar-refractivity contribution in [3.05, 3.63) is 57.1 Å². The van der Waals surface area contributed by atoms with Crippen molar-refractivity contribution in [3.8, 4) is 11.1 Å². The smallest absolute Gasteiger partial charge is 0.00104 e. The molecule has 2 aromatic rings. The molecule has 0 heterocycles. The summed E-state index contributed by atoms with van der Waals surface area (Å²) in [6, 6.07) is 7.22. The van der Waals surface area contributed by atoms with E-state index in [1.165, 1.54) is 103 Å². The second-order valence-electron chi connectivity index (χ2n) is 10.4. The molecule has 0 fully saturated rings. The number of unbranched alkanes of at least 4 members (excludes halogenated alkanes) is 5. The van der Waals surface area contributed by atoms with Gasteiger partial charge in [-0.05, 0) is 121 Å². The lowest BCUT2D eigenvalue weighted by molar-refractivity contribution is 0.716. The lowest BCUT2D eigenvalue weighted by atomic mass is 9.79. The summed E-state index contributed by atoms with van der Waals surface area (Å²) >= 11 is 0. The van der Waals surface area contributed by atoms with Crippen LogP contribution in [0.5, 0.6) is 0 Å². The van der Waals surface area contributed by atoms with Crippen LogP contribution in [-0.4, -0.2) is 0 Å². The molecule has 0 unspecified atom stereocenters. The highest BCUT2D eigenvalue weighted by Gasteiger charge is 2.30. The van der Waals surface area contributed by atoms with Crippen LogP contribution >= 0.6 is 0 Å². The fourth-order valence-electron chi connectivity index (χ4n) is 6.01. The van der Waals surface area contributed by atoms with Crippen molar-refractivity contribution in [1.82, 2.24) is 0 Å². The maximum atomic E-state index is 2.44. The maximum Gasteiger partial charge on any atom is -0.00104 e. The Morgan fingerprint density at radius 3 is 1.58 bits per heavy atom. The minimum Gasteiger partial charge on any atom is -0.0654 e. The van der Waals surface area contributed by atoms with Gasteiger partial charge in [0.1, 0.15) is 0 Å². The monoisotopic (exact) mass is 446 g/mol. The third-order valence-electron chi connectivity index (χ3n) is 7.84. The van der Waals surface area contributed by atoms with Gasteiger partial charge in [-0.2, -0.15) is 0 Å². The van der Waals surface area contributed by atoms with Crippen molar-refractivity contribution in [2.45, 2.75) is 137 Å². The summed E-state index contributed by atoms with van der Waals surface area (Å²) in [5.74, 6) is 0. The topological polar surface area (TPSA) is 0 Å². The molecule has 0 nitrogen and oxygen atoms in total. The van der Waals surface area contributed by atoms with Gasteiger partial charge in [0.05, 0.1) is 0 Å². The standard InChI is InChI=1S/C33H50/c1-6-11-17-25-18-16-19-26-24-31-29(22-14-9-4)27(20-12-7-2)28(21-13-8-3)30(23-15-10-5)33(31)32(25)26/h16,18-19H,6-15,17,20-24H2,1-5H3. The zero-order chi connectivity index (χ0) is 23.6. The molecule has 2 aromatic carbocycles. The predicted molar refractivity (Wildman–Crippen MR) is 148 cm³/mol. The van der Waals surface area contributed by atoms with Gasteiger partial charge >= 0.3 is 0 Å².